The van der Waals surface area contributed by atoms with Crippen LogP contribution in [0.25, 0.3) is 0 Å². The van der Waals surface area contributed by atoms with Crippen LogP contribution in [0.2, 0.25) is 0 Å². The fraction of sp³-hybridized carbons (Fsp3) is 0.938. The Morgan fingerprint density at radius 1 is 0.320 bits per heavy atom. The van der Waals surface area contributed by atoms with Gasteiger partial charge >= 0.3 is 5.97 Å². The van der Waals surface area contributed by atoms with Crippen LogP contribution in [0.4, 0.5) is 0 Å². The third kappa shape index (κ3) is 45.2. The first kappa shape index (κ1) is 49.2. The first-order valence-electron chi connectivity index (χ1n) is 23.6. The molecule has 0 radical (unpaired) electrons. The Hall–Kier alpha value is -0.790. The zero-order valence-electron chi connectivity index (χ0n) is 34.9. The maximum atomic E-state index is 12.0. The van der Waals surface area contributed by atoms with E-state index in [1.807, 2.05) is 0 Å². The highest BCUT2D eigenvalue weighted by Gasteiger charge is 2.03. The molecule has 0 N–H and O–H groups in total. The Balaban J connectivity index is 3.18. The topological polar surface area (TPSA) is 26.3 Å². The quantitative estimate of drug-likeness (QED) is 0.0359. The molecule has 0 aromatic rings. The Morgan fingerprint density at radius 3 is 0.860 bits per heavy atom. The van der Waals surface area contributed by atoms with Gasteiger partial charge in [-0.2, -0.15) is 0 Å². The molecule has 0 unspecified atom stereocenters. The molecular weight excluding hydrogens is 609 g/mol. The first-order chi connectivity index (χ1) is 24.8. The number of allylic oxidation sites excluding steroid dienone is 2. The van der Waals surface area contributed by atoms with Gasteiger partial charge in [0.05, 0.1) is 6.61 Å². The summed E-state index contributed by atoms with van der Waals surface area (Å²) in [7, 11) is 0. The van der Waals surface area contributed by atoms with Gasteiger partial charge in [-0.05, 0) is 38.5 Å². The highest BCUT2D eigenvalue weighted by atomic mass is 16.5. The lowest BCUT2D eigenvalue weighted by Crippen LogP contribution is -2.05. The fourth-order valence-electron chi connectivity index (χ4n) is 7.37. The van der Waals surface area contributed by atoms with E-state index in [0.717, 1.165) is 12.8 Å². The molecule has 0 atom stereocenters. The standard InChI is InChI=1S/C48H94O2/c1-3-5-7-9-11-13-15-17-19-21-23-24-25-26-27-28-29-30-32-34-36-38-40-42-44-46-48(49)50-47-45-43-41-39-37-35-33-31-22-20-18-16-14-12-10-8-6-4-2/h29-30H,3-28,31-47H2,1-2H3/b30-29-. The van der Waals surface area contributed by atoms with E-state index in [-0.39, 0.29) is 5.97 Å². The largest absolute Gasteiger partial charge is 0.466 e. The second-order valence-electron chi connectivity index (χ2n) is 16.1. The van der Waals surface area contributed by atoms with Crippen molar-refractivity contribution in [1.29, 1.82) is 0 Å². The second kappa shape index (κ2) is 46.2. The number of rotatable bonds is 44. The van der Waals surface area contributed by atoms with E-state index in [9.17, 15) is 4.79 Å². The molecule has 0 rings (SSSR count). The molecular formula is C48H94O2. The SMILES string of the molecule is CCCCCCCCCCCCCCCCC/C=C\CCCCCCCCC(=O)OCCCCCCCCCCCCCCCCCCCC. The number of carbonyl (C=O) groups excluding carboxylic acids is 1. The van der Waals surface area contributed by atoms with Gasteiger partial charge < -0.3 is 4.74 Å². The van der Waals surface area contributed by atoms with Crippen LogP contribution in [0.1, 0.15) is 284 Å². The minimum atomic E-state index is 0.0243. The summed E-state index contributed by atoms with van der Waals surface area (Å²) in [6.45, 7) is 5.23. The number of esters is 1. The molecule has 0 saturated heterocycles. The summed E-state index contributed by atoms with van der Waals surface area (Å²) in [6, 6.07) is 0. The minimum Gasteiger partial charge on any atom is -0.466 e. The average molecular weight is 703 g/mol. The Kier molecular flexibility index (Phi) is 45.5. The smallest absolute Gasteiger partial charge is 0.305 e. The predicted molar refractivity (Wildman–Crippen MR) is 225 cm³/mol. The van der Waals surface area contributed by atoms with Crippen LogP contribution in [-0.4, -0.2) is 12.6 Å². The van der Waals surface area contributed by atoms with Gasteiger partial charge in [-0.25, -0.2) is 0 Å². The number of carbonyl (C=O) groups is 1. The molecule has 2 heteroatoms. The van der Waals surface area contributed by atoms with E-state index >= 15 is 0 Å². The van der Waals surface area contributed by atoms with Crippen molar-refractivity contribution in [3.05, 3.63) is 12.2 Å². The van der Waals surface area contributed by atoms with E-state index in [1.54, 1.807) is 0 Å². The second-order valence-corrected chi connectivity index (χ2v) is 16.1. The Labute approximate surface area is 316 Å². The third-order valence-electron chi connectivity index (χ3n) is 10.9. The molecule has 0 aliphatic rings. The van der Waals surface area contributed by atoms with Crippen molar-refractivity contribution >= 4 is 5.97 Å². The molecule has 0 fully saturated rings. The lowest BCUT2D eigenvalue weighted by molar-refractivity contribution is -0.143. The van der Waals surface area contributed by atoms with Crippen molar-refractivity contribution < 1.29 is 9.53 Å². The minimum absolute atomic E-state index is 0.0243. The molecule has 2 nitrogen and oxygen atoms in total. The van der Waals surface area contributed by atoms with Crippen molar-refractivity contribution in [3.8, 4) is 0 Å². The van der Waals surface area contributed by atoms with Crippen molar-refractivity contribution in [2.24, 2.45) is 0 Å². The summed E-state index contributed by atoms with van der Waals surface area (Å²) in [6.07, 6.45) is 61.9. The number of hydrogen-bond acceptors (Lipinski definition) is 2. The van der Waals surface area contributed by atoms with Gasteiger partial charge in [0, 0.05) is 6.42 Å². The number of unbranched alkanes of at least 4 members (excludes halogenated alkanes) is 38. The van der Waals surface area contributed by atoms with Crippen LogP contribution >= 0.6 is 0 Å². The molecule has 0 spiro atoms. The molecule has 0 aliphatic carbocycles. The van der Waals surface area contributed by atoms with Crippen LogP contribution < -0.4 is 0 Å². The van der Waals surface area contributed by atoms with Gasteiger partial charge in [-0.15, -0.1) is 0 Å². The van der Waals surface area contributed by atoms with Crippen molar-refractivity contribution in [3.63, 3.8) is 0 Å². The van der Waals surface area contributed by atoms with E-state index < -0.39 is 0 Å². The van der Waals surface area contributed by atoms with Crippen LogP contribution in [0.3, 0.4) is 0 Å². The van der Waals surface area contributed by atoms with Gasteiger partial charge in [0.25, 0.3) is 0 Å². The van der Waals surface area contributed by atoms with Gasteiger partial charge in [0.15, 0.2) is 0 Å². The van der Waals surface area contributed by atoms with Crippen molar-refractivity contribution in [2.45, 2.75) is 284 Å². The zero-order valence-corrected chi connectivity index (χ0v) is 34.9. The van der Waals surface area contributed by atoms with Crippen LogP contribution in [0.5, 0.6) is 0 Å². The average Bonchev–Trinajstić information content (AvgIpc) is 3.12. The van der Waals surface area contributed by atoms with E-state index in [1.165, 1.54) is 250 Å². The molecule has 0 bridgehead atoms. The molecule has 0 aromatic carbocycles. The lowest BCUT2D eigenvalue weighted by Gasteiger charge is -2.06. The van der Waals surface area contributed by atoms with Crippen LogP contribution in [0.15, 0.2) is 12.2 Å². The maximum absolute atomic E-state index is 12.0. The highest BCUT2D eigenvalue weighted by molar-refractivity contribution is 5.69. The summed E-state index contributed by atoms with van der Waals surface area (Å²) < 4.78 is 5.48. The van der Waals surface area contributed by atoms with Gasteiger partial charge in [0.1, 0.15) is 0 Å². The van der Waals surface area contributed by atoms with Crippen molar-refractivity contribution in [1.82, 2.24) is 0 Å². The number of ether oxygens (including phenoxy) is 1. The summed E-state index contributed by atoms with van der Waals surface area (Å²) in [5.74, 6) is 0.0243. The highest BCUT2D eigenvalue weighted by Crippen LogP contribution is 2.16. The summed E-state index contributed by atoms with van der Waals surface area (Å²) >= 11 is 0. The van der Waals surface area contributed by atoms with Crippen LogP contribution in [-0.2, 0) is 9.53 Å². The predicted octanol–water partition coefficient (Wildman–Crippen LogP) is 17.5. The normalized spacial score (nSPS) is 11.6. The van der Waals surface area contributed by atoms with E-state index in [2.05, 4.69) is 26.0 Å². The summed E-state index contributed by atoms with van der Waals surface area (Å²) in [5.41, 5.74) is 0. The zero-order chi connectivity index (χ0) is 36.1. The summed E-state index contributed by atoms with van der Waals surface area (Å²) in [4.78, 5) is 12.0. The Bertz CT molecular complexity index is 640. The van der Waals surface area contributed by atoms with Crippen molar-refractivity contribution in [2.75, 3.05) is 6.61 Å². The molecule has 0 aromatic heterocycles. The van der Waals surface area contributed by atoms with E-state index in [0.29, 0.717) is 13.0 Å². The van der Waals surface area contributed by atoms with Gasteiger partial charge in [-0.1, -0.05) is 251 Å². The van der Waals surface area contributed by atoms with Gasteiger partial charge in [0.2, 0.25) is 0 Å². The molecule has 0 heterocycles. The monoisotopic (exact) mass is 703 g/mol. The molecule has 0 saturated carbocycles. The maximum Gasteiger partial charge on any atom is 0.305 e. The third-order valence-corrected chi connectivity index (χ3v) is 10.9. The molecule has 298 valence electrons. The first-order valence-corrected chi connectivity index (χ1v) is 23.6. The molecule has 0 aliphatic heterocycles. The summed E-state index contributed by atoms with van der Waals surface area (Å²) in [5, 5.41) is 0. The van der Waals surface area contributed by atoms with Gasteiger partial charge in [-0.3, -0.25) is 4.79 Å². The molecule has 50 heavy (non-hydrogen) atoms. The Morgan fingerprint density at radius 2 is 0.560 bits per heavy atom. The number of hydrogen-bond donors (Lipinski definition) is 0. The van der Waals surface area contributed by atoms with Crippen LogP contribution in [0, 0.1) is 0 Å². The molecule has 0 amide bonds. The lowest BCUT2D eigenvalue weighted by atomic mass is 10.0. The van der Waals surface area contributed by atoms with E-state index in [4.69, 9.17) is 4.74 Å². The fourth-order valence-corrected chi connectivity index (χ4v) is 7.37.